The molecule has 1 aliphatic carbocycles. The Hall–Kier alpha value is -4.58. The van der Waals surface area contributed by atoms with Crippen LogP contribution in [-0.4, -0.2) is 33.3 Å². The van der Waals surface area contributed by atoms with E-state index in [1.54, 1.807) is 42.0 Å². The van der Waals surface area contributed by atoms with Crippen LogP contribution in [0.15, 0.2) is 84.9 Å². The van der Waals surface area contributed by atoms with Crippen LogP contribution in [0.2, 0.25) is 0 Å². The van der Waals surface area contributed by atoms with Crippen molar-refractivity contribution in [1.29, 1.82) is 0 Å². The normalized spacial score (nSPS) is 12.0. The zero-order chi connectivity index (χ0) is 22.5. The largest absolute Gasteiger partial charge is 0.497 e. The molecule has 0 saturated heterocycles. The molecule has 3 aromatic carbocycles. The standard InChI is InChI=1S/C27H17N3O3/c1-33-18-11-7-10-17(14-18)26(31)24-23-25(19-12-5-6-13-20(19)27(23)32)30-22(28-24)15-21(29-30)16-8-3-2-4-9-16/h2-15H,1H3. The van der Waals surface area contributed by atoms with Crippen LogP contribution >= 0.6 is 0 Å². The third-order valence-corrected chi connectivity index (χ3v) is 5.87. The molecule has 0 fully saturated rings. The minimum absolute atomic E-state index is 0.117. The lowest BCUT2D eigenvalue weighted by Crippen LogP contribution is -2.14. The molecule has 6 heteroatoms. The Morgan fingerprint density at radius 1 is 0.879 bits per heavy atom. The molecule has 2 aromatic heterocycles. The van der Waals surface area contributed by atoms with Crippen molar-refractivity contribution >= 4 is 17.2 Å². The summed E-state index contributed by atoms with van der Waals surface area (Å²) in [6.07, 6.45) is 0. The Kier molecular flexibility index (Phi) is 4.20. The molecule has 0 radical (unpaired) electrons. The van der Waals surface area contributed by atoms with Gasteiger partial charge in [0.15, 0.2) is 11.4 Å². The van der Waals surface area contributed by atoms with Crippen molar-refractivity contribution in [1.82, 2.24) is 14.6 Å². The second kappa shape index (κ2) is 7.24. The SMILES string of the molecule is COc1cccc(C(=O)c2nc3cc(-c4ccccc4)nn3c3c2C(=O)c2ccccc2-3)c1. The zero-order valence-electron chi connectivity index (χ0n) is 17.6. The number of carbonyl (C=O) groups is 2. The lowest BCUT2D eigenvalue weighted by atomic mass is 10.0. The van der Waals surface area contributed by atoms with Gasteiger partial charge in [-0.15, -0.1) is 0 Å². The van der Waals surface area contributed by atoms with Crippen LogP contribution in [0.25, 0.3) is 28.2 Å². The fourth-order valence-electron chi connectivity index (χ4n) is 4.31. The van der Waals surface area contributed by atoms with Crippen molar-refractivity contribution in [2.45, 2.75) is 0 Å². The molecule has 6 rings (SSSR count). The molecule has 158 valence electrons. The molecule has 0 aliphatic heterocycles. The molecule has 5 aromatic rings. The van der Waals surface area contributed by atoms with Crippen LogP contribution in [0.3, 0.4) is 0 Å². The van der Waals surface area contributed by atoms with Crippen LogP contribution in [-0.2, 0) is 0 Å². The molecular weight excluding hydrogens is 414 g/mol. The molecule has 0 unspecified atom stereocenters. The van der Waals surface area contributed by atoms with E-state index in [-0.39, 0.29) is 22.8 Å². The quantitative estimate of drug-likeness (QED) is 0.373. The van der Waals surface area contributed by atoms with Crippen molar-refractivity contribution in [3.05, 3.63) is 107 Å². The minimum Gasteiger partial charge on any atom is -0.497 e. The molecule has 33 heavy (non-hydrogen) atoms. The first-order valence-electron chi connectivity index (χ1n) is 10.5. The van der Waals surface area contributed by atoms with E-state index in [1.165, 1.54) is 0 Å². The van der Waals surface area contributed by atoms with Crippen LogP contribution in [0.4, 0.5) is 0 Å². The Morgan fingerprint density at radius 3 is 2.42 bits per heavy atom. The minimum atomic E-state index is -0.337. The van der Waals surface area contributed by atoms with E-state index in [4.69, 9.17) is 9.84 Å². The van der Waals surface area contributed by atoms with E-state index in [2.05, 4.69) is 4.98 Å². The van der Waals surface area contributed by atoms with Gasteiger partial charge in [0.25, 0.3) is 0 Å². The van der Waals surface area contributed by atoms with Gasteiger partial charge in [0.1, 0.15) is 11.4 Å². The lowest BCUT2D eigenvalue weighted by molar-refractivity contribution is 0.100. The van der Waals surface area contributed by atoms with Gasteiger partial charge >= 0.3 is 0 Å². The van der Waals surface area contributed by atoms with Crippen LogP contribution in [0, 0.1) is 0 Å². The number of carbonyl (C=O) groups excluding carboxylic acids is 2. The van der Waals surface area contributed by atoms with Gasteiger partial charge in [-0.25, -0.2) is 9.50 Å². The topological polar surface area (TPSA) is 73.6 Å². The molecule has 1 aliphatic rings. The summed E-state index contributed by atoms with van der Waals surface area (Å²) in [5.74, 6) is -0.00169. The second-order valence-corrected chi connectivity index (χ2v) is 7.79. The molecule has 0 atom stereocenters. The predicted octanol–water partition coefficient (Wildman–Crippen LogP) is 4.85. The van der Waals surface area contributed by atoms with Crippen molar-refractivity contribution in [2.24, 2.45) is 0 Å². The first-order chi connectivity index (χ1) is 16.2. The number of ether oxygens (including phenoxy) is 1. The third-order valence-electron chi connectivity index (χ3n) is 5.87. The number of benzene rings is 3. The van der Waals surface area contributed by atoms with E-state index in [0.29, 0.717) is 33.9 Å². The van der Waals surface area contributed by atoms with Gasteiger partial charge in [-0.1, -0.05) is 66.7 Å². The van der Waals surface area contributed by atoms with Crippen molar-refractivity contribution in [3.63, 3.8) is 0 Å². The maximum Gasteiger partial charge on any atom is 0.212 e. The van der Waals surface area contributed by atoms with Crippen LogP contribution in [0.1, 0.15) is 32.0 Å². The number of ketones is 2. The molecule has 0 bridgehead atoms. The maximum atomic E-state index is 13.6. The Bertz CT molecular complexity index is 1590. The molecule has 0 spiro atoms. The third kappa shape index (κ3) is 2.88. The number of methoxy groups -OCH3 is 1. The van der Waals surface area contributed by atoms with Crippen molar-refractivity contribution in [3.8, 4) is 28.3 Å². The van der Waals surface area contributed by atoms with Gasteiger partial charge < -0.3 is 4.74 Å². The highest BCUT2D eigenvalue weighted by atomic mass is 16.5. The smallest absolute Gasteiger partial charge is 0.212 e. The number of hydrogen-bond acceptors (Lipinski definition) is 5. The first-order valence-corrected chi connectivity index (χ1v) is 10.5. The van der Waals surface area contributed by atoms with Crippen molar-refractivity contribution < 1.29 is 14.3 Å². The maximum absolute atomic E-state index is 13.6. The van der Waals surface area contributed by atoms with E-state index in [0.717, 1.165) is 11.1 Å². The average Bonchev–Trinajstić information content (AvgIpc) is 3.43. The van der Waals surface area contributed by atoms with E-state index >= 15 is 0 Å². The molecule has 2 heterocycles. The van der Waals surface area contributed by atoms with Gasteiger partial charge in [-0.3, -0.25) is 9.59 Å². The Morgan fingerprint density at radius 2 is 1.64 bits per heavy atom. The number of hydrogen-bond donors (Lipinski definition) is 0. The fraction of sp³-hybridized carbons (Fsp3) is 0.0370. The summed E-state index contributed by atoms with van der Waals surface area (Å²) >= 11 is 0. The Balaban J connectivity index is 1.64. The van der Waals surface area contributed by atoms with Gasteiger partial charge in [-0.05, 0) is 12.1 Å². The van der Waals surface area contributed by atoms with Gasteiger partial charge in [-0.2, -0.15) is 5.10 Å². The Labute approximate surface area is 189 Å². The van der Waals surface area contributed by atoms with E-state index in [1.807, 2.05) is 54.6 Å². The highest BCUT2D eigenvalue weighted by Gasteiger charge is 2.35. The first kappa shape index (κ1) is 19.1. The van der Waals surface area contributed by atoms with Gasteiger partial charge in [0.2, 0.25) is 5.78 Å². The van der Waals surface area contributed by atoms with Crippen LogP contribution in [0.5, 0.6) is 5.75 Å². The summed E-state index contributed by atoms with van der Waals surface area (Å²) in [7, 11) is 1.54. The number of fused-ring (bicyclic) bond motifs is 5. The number of rotatable bonds is 4. The summed E-state index contributed by atoms with van der Waals surface area (Å²) in [5.41, 5.74) is 4.82. The predicted molar refractivity (Wildman–Crippen MR) is 124 cm³/mol. The zero-order valence-corrected chi connectivity index (χ0v) is 17.6. The summed E-state index contributed by atoms with van der Waals surface area (Å²) in [6.45, 7) is 0. The van der Waals surface area contributed by atoms with Crippen molar-refractivity contribution in [2.75, 3.05) is 7.11 Å². The fourth-order valence-corrected chi connectivity index (χ4v) is 4.31. The highest BCUT2D eigenvalue weighted by molar-refractivity contribution is 6.26. The molecule has 0 amide bonds. The monoisotopic (exact) mass is 431 g/mol. The molecule has 0 saturated carbocycles. The van der Waals surface area contributed by atoms with Gasteiger partial charge in [0, 0.05) is 28.3 Å². The average molecular weight is 431 g/mol. The summed E-state index contributed by atoms with van der Waals surface area (Å²) < 4.78 is 6.94. The molecule has 0 N–H and O–H groups in total. The summed E-state index contributed by atoms with van der Waals surface area (Å²) in [5, 5.41) is 4.76. The number of aromatic nitrogens is 3. The molecular formula is C27H17N3O3. The highest BCUT2D eigenvalue weighted by Crippen LogP contribution is 2.39. The second-order valence-electron chi connectivity index (χ2n) is 7.79. The van der Waals surface area contributed by atoms with E-state index < -0.39 is 0 Å². The van der Waals surface area contributed by atoms with E-state index in [9.17, 15) is 9.59 Å². The molecule has 6 nitrogen and oxygen atoms in total. The lowest BCUT2D eigenvalue weighted by Gasteiger charge is -2.09. The summed E-state index contributed by atoms with van der Waals surface area (Å²) in [4.78, 5) is 31.7. The number of nitrogens with zero attached hydrogens (tertiary/aromatic N) is 3. The summed E-state index contributed by atoms with van der Waals surface area (Å²) in [6, 6.07) is 25.8. The van der Waals surface area contributed by atoms with Gasteiger partial charge in [0.05, 0.1) is 24.1 Å². The van der Waals surface area contributed by atoms with Crippen LogP contribution < -0.4 is 4.74 Å².